The van der Waals surface area contributed by atoms with Crippen LogP contribution in [0.4, 0.5) is 0 Å². The lowest BCUT2D eigenvalue weighted by atomic mass is 10.0. The third-order valence-electron chi connectivity index (χ3n) is 8.48. The minimum atomic E-state index is -0.926. The summed E-state index contributed by atoms with van der Waals surface area (Å²) in [5.74, 6) is -0.323. The summed E-state index contributed by atoms with van der Waals surface area (Å²) in [6.45, 7) is 4.18. The molecular formula is C38H73NO4. The molecule has 0 aromatic carbocycles. The van der Waals surface area contributed by atoms with Crippen molar-refractivity contribution < 1.29 is 20.1 Å². The fourth-order valence-electron chi connectivity index (χ4n) is 5.57. The Hall–Kier alpha value is -1.17. The van der Waals surface area contributed by atoms with Crippen LogP contribution < -0.4 is 5.32 Å². The molecule has 0 rings (SSSR count). The van der Waals surface area contributed by atoms with Crippen LogP contribution in [-0.2, 0) is 4.79 Å². The van der Waals surface area contributed by atoms with Crippen molar-refractivity contribution in [3.8, 4) is 0 Å². The van der Waals surface area contributed by atoms with Crippen LogP contribution in [0, 0.1) is 0 Å². The topological polar surface area (TPSA) is 89.8 Å². The molecular weight excluding hydrogens is 534 g/mol. The van der Waals surface area contributed by atoms with E-state index in [1.807, 2.05) is 6.08 Å². The third kappa shape index (κ3) is 30.6. The Morgan fingerprint density at radius 1 is 0.581 bits per heavy atom. The molecule has 0 aliphatic carbocycles. The van der Waals surface area contributed by atoms with E-state index in [1.165, 1.54) is 122 Å². The molecule has 0 fully saturated rings. The van der Waals surface area contributed by atoms with Crippen molar-refractivity contribution >= 4 is 5.91 Å². The Kier molecular flexibility index (Phi) is 32.8. The number of hydrogen-bond donors (Lipinski definition) is 4. The number of nitrogens with one attached hydrogen (secondary N) is 1. The summed E-state index contributed by atoms with van der Waals surface area (Å²) in [5.41, 5.74) is 0. The minimum Gasteiger partial charge on any atom is -0.394 e. The molecule has 0 spiro atoms. The number of rotatable bonds is 33. The van der Waals surface area contributed by atoms with E-state index in [0.717, 1.165) is 38.5 Å². The number of aliphatic hydroxyl groups excluding tert-OH is 3. The number of carbonyl (C=O) groups excluding carboxylic acids is 1. The lowest BCUT2D eigenvalue weighted by molar-refractivity contribution is -0.124. The molecule has 0 aromatic heterocycles. The summed E-state index contributed by atoms with van der Waals surface area (Å²) in [7, 11) is 0. The van der Waals surface area contributed by atoms with Crippen LogP contribution in [0.25, 0.3) is 0 Å². The van der Waals surface area contributed by atoms with Crippen molar-refractivity contribution in [1.29, 1.82) is 0 Å². The summed E-state index contributed by atoms with van der Waals surface area (Å²) < 4.78 is 0. The first-order valence-electron chi connectivity index (χ1n) is 18.6. The molecule has 0 aromatic rings. The molecule has 0 heterocycles. The molecule has 5 heteroatoms. The van der Waals surface area contributed by atoms with Gasteiger partial charge in [0.1, 0.15) is 0 Å². The van der Waals surface area contributed by atoms with Gasteiger partial charge < -0.3 is 20.6 Å². The first kappa shape index (κ1) is 41.8. The molecule has 254 valence electrons. The molecule has 0 aliphatic rings. The van der Waals surface area contributed by atoms with Crippen molar-refractivity contribution in [3.05, 3.63) is 24.3 Å². The van der Waals surface area contributed by atoms with Gasteiger partial charge in [-0.15, -0.1) is 0 Å². The highest BCUT2D eigenvalue weighted by molar-refractivity contribution is 5.76. The summed E-state index contributed by atoms with van der Waals surface area (Å²) in [6.07, 6.45) is 38.7. The van der Waals surface area contributed by atoms with Gasteiger partial charge in [0.05, 0.1) is 31.3 Å². The Morgan fingerprint density at radius 2 is 0.977 bits per heavy atom. The standard InChI is InChI=1S/C38H73NO4/c1-3-5-7-9-11-13-15-16-17-18-19-20-22-23-25-27-29-31-35(41)33-38(43)39-36(34-40)37(42)32-30-28-26-24-21-14-12-10-8-6-4-2/h18-19,30,32,35-37,40-42H,3-17,20-29,31,33-34H2,1-2H3,(H,39,43)/b19-18-,32-30+. The maximum absolute atomic E-state index is 12.3. The van der Waals surface area contributed by atoms with Gasteiger partial charge in [0.15, 0.2) is 0 Å². The van der Waals surface area contributed by atoms with E-state index < -0.39 is 18.2 Å². The van der Waals surface area contributed by atoms with Gasteiger partial charge in [-0.3, -0.25) is 4.79 Å². The van der Waals surface area contributed by atoms with Crippen LogP contribution in [0.5, 0.6) is 0 Å². The van der Waals surface area contributed by atoms with Crippen molar-refractivity contribution in [2.24, 2.45) is 0 Å². The number of unbranched alkanes of at least 4 members (excludes halogenated alkanes) is 22. The van der Waals surface area contributed by atoms with Crippen molar-refractivity contribution in [2.45, 2.75) is 205 Å². The molecule has 1 amide bonds. The molecule has 5 nitrogen and oxygen atoms in total. The van der Waals surface area contributed by atoms with Crippen molar-refractivity contribution in [2.75, 3.05) is 6.61 Å². The summed E-state index contributed by atoms with van der Waals surface area (Å²) >= 11 is 0. The molecule has 0 aliphatic heterocycles. The van der Waals surface area contributed by atoms with Crippen LogP contribution in [0.1, 0.15) is 187 Å². The Labute approximate surface area is 267 Å². The predicted octanol–water partition coefficient (Wildman–Crippen LogP) is 9.87. The lowest BCUT2D eigenvalue weighted by Crippen LogP contribution is -2.45. The number of allylic oxidation sites excluding steroid dienone is 3. The Balaban J connectivity index is 3.73. The molecule has 0 radical (unpaired) electrons. The minimum absolute atomic E-state index is 0.00896. The Morgan fingerprint density at radius 3 is 1.42 bits per heavy atom. The first-order chi connectivity index (χ1) is 21.0. The second-order valence-corrected chi connectivity index (χ2v) is 12.8. The molecule has 4 N–H and O–H groups in total. The normalized spacial score (nSPS) is 14.1. The van der Waals surface area contributed by atoms with Crippen LogP contribution in [0.3, 0.4) is 0 Å². The average molecular weight is 608 g/mol. The Bertz CT molecular complexity index is 635. The molecule has 0 bridgehead atoms. The van der Waals surface area contributed by atoms with Crippen LogP contribution in [-0.4, -0.2) is 46.1 Å². The highest BCUT2D eigenvalue weighted by atomic mass is 16.3. The second-order valence-electron chi connectivity index (χ2n) is 12.8. The molecule has 3 atom stereocenters. The quantitative estimate of drug-likeness (QED) is 0.0441. The number of aliphatic hydroxyl groups is 3. The zero-order valence-electron chi connectivity index (χ0n) is 28.6. The fraction of sp³-hybridized carbons (Fsp3) is 0.868. The largest absolute Gasteiger partial charge is 0.394 e. The highest BCUT2D eigenvalue weighted by Crippen LogP contribution is 2.13. The third-order valence-corrected chi connectivity index (χ3v) is 8.48. The van der Waals surface area contributed by atoms with E-state index in [2.05, 4.69) is 31.3 Å². The van der Waals surface area contributed by atoms with Crippen LogP contribution >= 0.6 is 0 Å². The molecule has 3 unspecified atom stereocenters. The monoisotopic (exact) mass is 608 g/mol. The van der Waals surface area contributed by atoms with Crippen LogP contribution in [0.2, 0.25) is 0 Å². The van der Waals surface area contributed by atoms with Gasteiger partial charge in [0.2, 0.25) is 5.91 Å². The number of carbonyl (C=O) groups is 1. The average Bonchev–Trinajstić information content (AvgIpc) is 3.00. The van der Waals surface area contributed by atoms with E-state index in [-0.39, 0.29) is 18.9 Å². The van der Waals surface area contributed by atoms with Gasteiger partial charge in [-0.25, -0.2) is 0 Å². The number of hydrogen-bond acceptors (Lipinski definition) is 4. The summed E-state index contributed by atoms with van der Waals surface area (Å²) in [4.78, 5) is 12.3. The second kappa shape index (κ2) is 33.7. The summed E-state index contributed by atoms with van der Waals surface area (Å²) in [6, 6.07) is -0.742. The molecule has 0 saturated carbocycles. The van der Waals surface area contributed by atoms with Crippen molar-refractivity contribution in [3.63, 3.8) is 0 Å². The van der Waals surface area contributed by atoms with Gasteiger partial charge in [-0.2, -0.15) is 0 Å². The maximum Gasteiger partial charge on any atom is 0.222 e. The van der Waals surface area contributed by atoms with Crippen molar-refractivity contribution in [1.82, 2.24) is 5.32 Å². The maximum atomic E-state index is 12.3. The predicted molar refractivity (Wildman–Crippen MR) is 185 cm³/mol. The van der Waals surface area contributed by atoms with Gasteiger partial charge in [0, 0.05) is 0 Å². The van der Waals surface area contributed by atoms with Gasteiger partial charge in [-0.1, -0.05) is 160 Å². The highest BCUT2D eigenvalue weighted by Gasteiger charge is 2.20. The fourth-order valence-corrected chi connectivity index (χ4v) is 5.57. The van der Waals surface area contributed by atoms with E-state index >= 15 is 0 Å². The molecule has 0 saturated heterocycles. The van der Waals surface area contributed by atoms with Gasteiger partial charge in [0.25, 0.3) is 0 Å². The zero-order valence-corrected chi connectivity index (χ0v) is 28.6. The SMILES string of the molecule is CCCCCCCCCC/C=C\CCCCCCCC(O)CC(=O)NC(CO)C(O)/C=C/CCCCCCCCCCC. The lowest BCUT2D eigenvalue weighted by Gasteiger charge is -2.21. The number of amides is 1. The van der Waals surface area contributed by atoms with Gasteiger partial charge >= 0.3 is 0 Å². The first-order valence-corrected chi connectivity index (χ1v) is 18.6. The molecule has 43 heavy (non-hydrogen) atoms. The zero-order chi connectivity index (χ0) is 31.6. The van der Waals surface area contributed by atoms with E-state index in [4.69, 9.17) is 0 Å². The van der Waals surface area contributed by atoms with E-state index in [9.17, 15) is 20.1 Å². The summed E-state index contributed by atoms with van der Waals surface area (Å²) in [5, 5.41) is 33.0. The van der Waals surface area contributed by atoms with Gasteiger partial charge in [-0.05, 0) is 44.9 Å². The van der Waals surface area contributed by atoms with Crippen LogP contribution in [0.15, 0.2) is 24.3 Å². The van der Waals surface area contributed by atoms with E-state index in [1.54, 1.807) is 6.08 Å². The smallest absolute Gasteiger partial charge is 0.222 e. The van der Waals surface area contributed by atoms with E-state index in [0.29, 0.717) is 6.42 Å².